The molecule has 1 aliphatic rings. The Morgan fingerprint density at radius 1 is 1.11 bits per heavy atom. The van der Waals surface area contributed by atoms with Gasteiger partial charge in [0.15, 0.2) is 6.04 Å². The highest BCUT2D eigenvalue weighted by molar-refractivity contribution is 6.04. The summed E-state index contributed by atoms with van der Waals surface area (Å²) in [5.41, 5.74) is 0.960. The second-order valence-electron chi connectivity index (χ2n) is 7.15. The quantitative estimate of drug-likeness (QED) is 0.857. The minimum Gasteiger partial charge on any atom is -0.450 e. The average Bonchev–Trinajstić information content (AvgIpc) is 2.74. The molecule has 6 heteroatoms. The summed E-state index contributed by atoms with van der Waals surface area (Å²) in [6.45, 7) is 9.56. The molecule has 2 amide bonds. The van der Waals surface area contributed by atoms with Gasteiger partial charge in [0.2, 0.25) is 0 Å². The summed E-state index contributed by atoms with van der Waals surface area (Å²) < 4.78 is 5.08. The van der Waals surface area contributed by atoms with Crippen LogP contribution in [0.2, 0.25) is 0 Å². The molecule has 2 aromatic rings. The van der Waals surface area contributed by atoms with Gasteiger partial charge in [-0.05, 0) is 32.2 Å². The predicted molar refractivity (Wildman–Crippen MR) is 111 cm³/mol. The Kier molecular flexibility index (Phi) is 6.52. The van der Waals surface area contributed by atoms with Crippen LogP contribution in [0.4, 0.5) is 10.5 Å². The van der Waals surface area contributed by atoms with Gasteiger partial charge in [-0.25, -0.2) is 4.79 Å². The van der Waals surface area contributed by atoms with Crippen molar-refractivity contribution in [2.24, 2.45) is 0 Å². The first-order chi connectivity index (χ1) is 13.6. The minimum absolute atomic E-state index is 0.124. The van der Waals surface area contributed by atoms with Gasteiger partial charge in [0.05, 0.1) is 38.5 Å². The molecule has 1 N–H and O–H groups in total. The van der Waals surface area contributed by atoms with Crippen LogP contribution in [0.1, 0.15) is 20.8 Å². The number of likely N-dealkylation sites (N-methyl/N-ethyl adjacent to an activating group) is 1. The first-order valence-electron chi connectivity index (χ1n) is 10.1. The first-order valence-corrected chi connectivity index (χ1v) is 10.1. The maximum Gasteiger partial charge on any atom is 0.410 e. The Morgan fingerprint density at radius 2 is 1.79 bits per heavy atom. The van der Waals surface area contributed by atoms with E-state index in [0.29, 0.717) is 26.2 Å². The monoisotopic (exact) mass is 384 g/mol. The Bertz CT molecular complexity index is 825. The number of piperazine rings is 1. The molecule has 1 fully saturated rings. The van der Waals surface area contributed by atoms with E-state index in [1.807, 2.05) is 49.9 Å². The zero-order chi connectivity index (χ0) is 20.1. The van der Waals surface area contributed by atoms with Gasteiger partial charge in [-0.3, -0.25) is 9.69 Å². The Morgan fingerprint density at radius 3 is 2.46 bits per heavy atom. The maximum absolute atomic E-state index is 13.3. The number of hydrogen-bond acceptors (Lipinski definition) is 3. The van der Waals surface area contributed by atoms with Gasteiger partial charge in [0, 0.05) is 11.9 Å². The highest BCUT2D eigenvalue weighted by Crippen LogP contribution is 2.27. The molecule has 2 aromatic carbocycles. The molecule has 6 nitrogen and oxygen atoms in total. The van der Waals surface area contributed by atoms with Crippen LogP contribution in [0.3, 0.4) is 0 Å². The zero-order valence-electron chi connectivity index (χ0n) is 17.0. The molecule has 1 saturated heterocycles. The standard InChI is InChI=1S/C22H29N3O3/c1-4-25(20-12-8-10-18-9-6-7-11-19(18)20)21(26)17(3)23-13-15-24(16-14-23)22(27)28-5-2/h6-12,17H,4-5,13-16H2,1-3H3/p+1/t17-/m0/s1. The van der Waals surface area contributed by atoms with Gasteiger partial charge < -0.3 is 14.5 Å². The van der Waals surface area contributed by atoms with Crippen molar-refractivity contribution >= 4 is 28.5 Å². The molecular formula is C22H30N3O3+. The van der Waals surface area contributed by atoms with E-state index in [2.05, 4.69) is 18.2 Å². The number of ether oxygens (including phenoxy) is 1. The molecule has 0 spiro atoms. The van der Waals surface area contributed by atoms with Crippen molar-refractivity contribution in [1.29, 1.82) is 0 Å². The lowest BCUT2D eigenvalue weighted by Crippen LogP contribution is -3.19. The number of carbonyl (C=O) groups excluding carboxylic acids is 2. The summed E-state index contributed by atoms with van der Waals surface area (Å²) in [5.74, 6) is 0.124. The van der Waals surface area contributed by atoms with Crippen LogP contribution in [-0.2, 0) is 9.53 Å². The molecule has 0 aromatic heterocycles. The molecule has 1 heterocycles. The highest BCUT2D eigenvalue weighted by Gasteiger charge is 2.34. The first kappa shape index (κ1) is 20.1. The number of rotatable bonds is 5. The van der Waals surface area contributed by atoms with Crippen molar-refractivity contribution < 1.29 is 19.2 Å². The van der Waals surface area contributed by atoms with E-state index >= 15 is 0 Å². The molecule has 150 valence electrons. The van der Waals surface area contributed by atoms with Gasteiger partial charge in [0.1, 0.15) is 0 Å². The molecule has 3 rings (SSSR count). The lowest BCUT2D eigenvalue weighted by atomic mass is 10.1. The van der Waals surface area contributed by atoms with Crippen molar-refractivity contribution in [2.75, 3.05) is 44.2 Å². The zero-order valence-corrected chi connectivity index (χ0v) is 17.0. The van der Waals surface area contributed by atoms with Crippen molar-refractivity contribution in [3.63, 3.8) is 0 Å². The molecule has 0 aliphatic carbocycles. The Balaban J connectivity index is 1.72. The molecule has 0 saturated carbocycles. The highest BCUT2D eigenvalue weighted by atomic mass is 16.6. The number of nitrogens with one attached hydrogen (secondary N) is 1. The number of anilines is 1. The van der Waals surface area contributed by atoms with E-state index in [1.165, 1.54) is 4.90 Å². The van der Waals surface area contributed by atoms with Crippen molar-refractivity contribution in [3.8, 4) is 0 Å². The van der Waals surface area contributed by atoms with Crippen LogP contribution < -0.4 is 9.80 Å². The van der Waals surface area contributed by atoms with Crippen LogP contribution in [0, 0.1) is 0 Å². The molecule has 0 unspecified atom stereocenters. The SMILES string of the molecule is CCOC(=O)N1CC[NH+]([C@@H](C)C(=O)N(CC)c2cccc3ccccc23)CC1. The average molecular weight is 385 g/mol. The normalized spacial score (nSPS) is 16.0. The van der Waals surface area contributed by atoms with E-state index in [-0.39, 0.29) is 18.0 Å². The van der Waals surface area contributed by atoms with E-state index in [4.69, 9.17) is 4.74 Å². The third kappa shape index (κ3) is 4.12. The number of carbonyl (C=O) groups is 2. The summed E-state index contributed by atoms with van der Waals surface area (Å²) in [6.07, 6.45) is -0.258. The molecule has 0 radical (unpaired) electrons. The predicted octanol–water partition coefficient (Wildman–Crippen LogP) is 1.94. The lowest BCUT2D eigenvalue weighted by molar-refractivity contribution is -0.917. The second-order valence-corrected chi connectivity index (χ2v) is 7.15. The van der Waals surface area contributed by atoms with Crippen LogP contribution in [-0.4, -0.2) is 62.3 Å². The molecular weight excluding hydrogens is 354 g/mol. The van der Waals surface area contributed by atoms with Crippen molar-refractivity contribution in [2.45, 2.75) is 26.8 Å². The number of quaternary nitrogens is 1. The smallest absolute Gasteiger partial charge is 0.410 e. The number of hydrogen-bond donors (Lipinski definition) is 1. The van der Waals surface area contributed by atoms with Crippen LogP contribution in [0.15, 0.2) is 42.5 Å². The molecule has 28 heavy (non-hydrogen) atoms. The third-order valence-electron chi connectivity index (χ3n) is 5.55. The summed E-state index contributed by atoms with van der Waals surface area (Å²) in [7, 11) is 0. The van der Waals surface area contributed by atoms with Gasteiger partial charge in [0.25, 0.3) is 5.91 Å². The Hall–Kier alpha value is -2.60. The minimum atomic E-state index is -0.258. The molecule has 1 aliphatic heterocycles. The lowest BCUT2D eigenvalue weighted by Gasteiger charge is -2.36. The van der Waals surface area contributed by atoms with Crippen LogP contribution in [0.5, 0.6) is 0 Å². The number of benzene rings is 2. The van der Waals surface area contributed by atoms with E-state index in [1.54, 1.807) is 4.90 Å². The van der Waals surface area contributed by atoms with Gasteiger partial charge in [-0.2, -0.15) is 0 Å². The number of amides is 2. The molecule has 0 bridgehead atoms. The van der Waals surface area contributed by atoms with E-state index in [9.17, 15) is 9.59 Å². The van der Waals surface area contributed by atoms with Crippen LogP contribution in [0.25, 0.3) is 10.8 Å². The third-order valence-corrected chi connectivity index (χ3v) is 5.55. The van der Waals surface area contributed by atoms with Gasteiger partial charge in [-0.1, -0.05) is 36.4 Å². The van der Waals surface area contributed by atoms with Crippen LogP contribution >= 0.6 is 0 Å². The fourth-order valence-corrected chi connectivity index (χ4v) is 3.92. The van der Waals surface area contributed by atoms with Gasteiger partial charge >= 0.3 is 6.09 Å². The number of fused-ring (bicyclic) bond motifs is 1. The Labute approximate surface area is 166 Å². The maximum atomic E-state index is 13.3. The largest absolute Gasteiger partial charge is 0.450 e. The van der Waals surface area contributed by atoms with E-state index < -0.39 is 0 Å². The van der Waals surface area contributed by atoms with Crippen molar-refractivity contribution in [1.82, 2.24) is 4.90 Å². The summed E-state index contributed by atoms with van der Waals surface area (Å²) in [5, 5.41) is 2.23. The fourth-order valence-electron chi connectivity index (χ4n) is 3.92. The summed E-state index contributed by atoms with van der Waals surface area (Å²) in [6, 6.07) is 14.1. The summed E-state index contributed by atoms with van der Waals surface area (Å²) in [4.78, 5) is 30.1. The van der Waals surface area contributed by atoms with Gasteiger partial charge in [-0.15, -0.1) is 0 Å². The second kappa shape index (κ2) is 9.06. The molecule has 1 atom stereocenters. The fraction of sp³-hybridized carbons (Fsp3) is 0.455. The van der Waals surface area contributed by atoms with E-state index in [0.717, 1.165) is 29.5 Å². The topological polar surface area (TPSA) is 54.3 Å². The summed E-state index contributed by atoms with van der Waals surface area (Å²) >= 11 is 0. The van der Waals surface area contributed by atoms with Crippen molar-refractivity contribution in [3.05, 3.63) is 42.5 Å². The number of nitrogens with zero attached hydrogens (tertiary/aromatic N) is 2.